The molecule has 36 heavy (non-hydrogen) atoms. The van der Waals surface area contributed by atoms with E-state index in [0.717, 1.165) is 22.3 Å². The molecule has 4 aromatic rings. The molecule has 1 aromatic heterocycles. The predicted octanol–water partition coefficient (Wildman–Crippen LogP) is 3.81. The first-order valence-corrected chi connectivity index (χ1v) is 11.5. The number of carbonyl (C=O) groups is 2. The highest BCUT2D eigenvalue weighted by Gasteiger charge is 2.18. The fourth-order valence-electron chi connectivity index (χ4n) is 4.01. The average molecular weight is 483 g/mol. The third kappa shape index (κ3) is 6.48. The highest BCUT2D eigenvalue weighted by atomic mass is 16.5. The Morgan fingerprint density at radius 3 is 2.14 bits per heavy atom. The van der Waals surface area contributed by atoms with Gasteiger partial charge in [0.15, 0.2) is 6.61 Å². The molecule has 0 saturated heterocycles. The van der Waals surface area contributed by atoms with E-state index in [-0.39, 0.29) is 30.5 Å². The Morgan fingerprint density at radius 2 is 1.50 bits per heavy atom. The summed E-state index contributed by atoms with van der Waals surface area (Å²) in [6.45, 7) is -0.353. The van der Waals surface area contributed by atoms with Crippen LogP contribution in [0.1, 0.15) is 28.2 Å². The molecule has 4 rings (SSSR count). The average Bonchev–Trinajstić information content (AvgIpc) is 2.90. The number of carbonyl (C=O) groups excluding carboxylic acids is 1. The van der Waals surface area contributed by atoms with Gasteiger partial charge < -0.3 is 19.7 Å². The minimum atomic E-state index is -1.07. The van der Waals surface area contributed by atoms with Crippen molar-refractivity contribution in [3.63, 3.8) is 0 Å². The van der Waals surface area contributed by atoms with E-state index >= 15 is 0 Å². The van der Waals surface area contributed by atoms with Crippen LogP contribution in [0.2, 0.25) is 0 Å². The Kier molecular flexibility index (Phi) is 7.93. The molecule has 0 bridgehead atoms. The van der Waals surface area contributed by atoms with Crippen LogP contribution in [0.3, 0.4) is 0 Å². The maximum absolute atomic E-state index is 12.7. The molecule has 0 saturated carbocycles. The molecule has 0 fully saturated rings. The molecule has 182 valence electrons. The second-order valence-electron chi connectivity index (χ2n) is 8.29. The van der Waals surface area contributed by atoms with E-state index < -0.39 is 12.6 Å². The lowest BCUT2D eigenvalue weighted by molar-refractivity contribution is -0.139. The Morgan fingerprint density at radius 1 is 0.833 bits per heavy atom. The maximum Gasteiger partial charge on any atom is 0.341 e. The van der Waals surface area contributed by atoms with Crippen molar-refractivity contribution in [2.45, 2.75) is 19.0 Å². The summed E-state index contributed by atoms with van der Waals surface area (Å²) in [6.07, 6.45) is 1.74. The van der Waals surface area contributed by atoms with Crippen LogP contribution < -0.4 is 15.6 Å². The van der Waals surface area contributed by atoms with Gasteiger partial charge in [-0.25, -0.2) is 4.79 Å². The molecular formula is C29H26N2O5. The SMILES string of the molecule is O=C(O)COc1cccc(CNC(=O)Cn2cc(C(c3ccccc3)c3ccccc3)ccc2=O)c1. The molecule has 0 aliphatic carbocycles. The second kappa shape index (κ2) is 11.7. The van der Waals surface area contributed by atoms with Crippen molar-refractivity contribution in [3.8, 4) is 5.75 Å². The first kappa shape index (κ1) is 24.5. The number of pyridine rings is 1. The van der Waals surface area contributed by atoms with E-state index in [0.29, 0.717) is 5.75 Å². The molecule has 1 amide bonds. The van der Waals surface area contributed by atoms with Gasteiger partial charge in [-0.2, -0.15) is 0 Å². The van der Waals surface area contributed by atoms with Crippen LogP contribution in [0.4, 0.5) is 0 Å². The van der Waals surface area contributed by atoms with Crippen LogP contribution in [0, 0.1) is 0 Å². The number of aromatic nitrogens is 1. The Hall–Kier alpha value is -4.65. The Balaban J connectivity index is 1.49. The van der Waals surface area contributed by atoms with E-state index in [9.17, 15) is 14.4 Å². The van der Waals surface area contributed by atoms with Gasteiger partial charge in [-0.05, 0) is 34.4 Å². The molecule has 0 atom stereocenters. The molecule has 7 heteroatoms. The fraction of sp³-hybridized carbons (Fsp3) is 0.138. The zero-order chi connectivity index (χ0) is 25.3. The summed E-state index contributed by atoms with van der Waals surface area (Å²) < 4.78 is 6.59. The first-order chi connectivity index (χ1) is 17.5. The van der Waals surface area contributed by atoms with Crippen LogP contribution in [-0.2, 0) is 22.7 Å². The van der Waals surface area contributed by atoms with Gasteiger partial charge in [-0.15, -0.1) is 0 Å². The highest BCUT2D eigenvalue weighted by Crippen LogP contribution is 2.31. The number of hydrogen-bond acceptors (Lipinski definition) is 4. The number of nitrogens with one attached hydrogen (secondary N) is 1. The monoisotopic (exact) mass is 482 g/mol. The summed E-state index contributed by atoms with van der Waals surface area (Å²) >= 11 is 0. The third-order valence-corrected chi connectivity index (χ3v) is 5.67. The lowest BCUT2D eigenvalue weighted by atomic mass is 9.86. The van der Waals surface area contributed by atoms with Gasteiger partial charge in [0.25, 0.3) is 5.56 Å². The fourth-order valence-corrected chi connectivity index (χ4v) is 4.01. The number of benzene rings is 3. The van der Waals surface area contributed by atoms with Gasteiger partial charge in [0, 0.05) is 24.7 Å². The molecule has 2 N–H and O–H groups in total. The van der Waals surface area contributed by atoms with Crippen LogP contribution in [0.15, 0.2) is 108 Å². The lowest BCUT2D eigenvalue weighted by Gasteiger charge is -2.20. The van der Waals surface area contributed by atoms with Gasteiger partial charge in [-0.1, -0.05) is 78.9 Å². The van der Waals surface area contributed by atoms with E-state index in [1.54, 1.807) is 30.5 Å². The molecule has 0 radical (unpaired) electrons. The van der Waals surface area contributed by atoms with E-state index in [1.807, 2.05) is 66.7 Å². The predicted molar refractivity (Wildman–Crippen MR) is 136 cm³/mol. The summed E-state index contributed by atoms with van der Waals surface area (Å²) in [4.78, 5) is 35.9. The van der Waals surface area contributed by atoms with Crippen molar-refractivity contribution in [2.75, 3.05) is 6.61 Å². The number of amides is 1. The van der Waals surface area contributed by atoms with Gasteiger partial charge in [0.2, 0.25) is 5.91 Å². The van der Waals surface area contributed by atoms with Crippen LogP contribution >= 0.6 is 0 Å². The van der Waals surface area contributed by atoms with E-state index in [1.165, 1.54) is 10.6 Å². The van der Waals surface area contributed by atoms with Crippen molar-refractivity contribution in [1.29, 1.82) is 0 Å². The number of hydrogen-bond donors (Lipinski definition) is 2. The van der Waals surface area contributed by atoms with E-state index in [4.69, 9.17) is 9.84 Å². The molecule has 1 heterocycles. The van der Waals surface area contributed by atoms with Crippen molar-refractivity contribution >= 4 is 11.9 Å². The van der Waals surface area contributed by atoms with E-state index in [2.05, 4.69) is 5.32 Å². The highest BCUT2D eigenvalue weighted by molar-refractivity contribution is 5.75. The van der Waals surface area contributed by atoms with Gasteiger partial charge in [0.1, 0.15) is 12.3 Å². The number of rotatable bonds is 10. The van der Waals surface area contributed by atoms with Gasteiger partial charge >= 0.3 is 5.97 Å². The second-order valence-corrected chi connectivity index (χ2v) is 8.29. The first-order valence-electron chi connectivity index (χ1n) is 11.5. The standard InChI is InChI=1S/C29H26N2O5/c32-26(30-17-21-8-7-13-25(16-21)36-20-28(34)35)19-31-18-24(14-15-27(31)33)29(22-9-3-1-4-10-22)23-11-5-2-6-12-23/h1-16,18,29H,17,19-20H2,(H,30,32)(H,34,35). The largest absolute Gasteiger partial charge is 0.482 e. The third-order valence-electron chi connectivity index (χ3n) is 5.67. The molecule has 0 aliphatic heterocycles. The zero-order valence-electron chi connectivity index (χ0n) is 19.5. The van der Waals surface area contributed by atoms with Crippen molar-refractivity contribution in [2.24, 2.45) is 0 Å². The topological polar surface area (TPSA) is 97.6 Å². The number of carboxylic acids is 1. The van der Waals surface area contributed by atoms with Gasteiger partial charge in [-0.3, -0.25) is 9.59 Å². The number of ether oxygens (including phenoxy) is 1. The summed E-state index contributed by atoms with van der Waals surface area (Å²) in [5.74, 6) is -1.07. The summed E-state index contributed by atoms with van der Waals surface area (Å²) in [5.41, 5.74) is 3.56. The molecular weight excluding hydrogens is 456 g/mol. The van der Waals surface area contributed by atoms with Crippen LogP contribution in [-0.4, -0.2) is 28.2 Å². The number of aliphatic carboxylic acids is 1. The summed E-state index contributed by atoms with van der Waals surface area (Å²) in [5, 5.41) is 11.6. The maximum atomic E-state index is 12.7. The Labute approximate surface area is 208 Å². The van der Waals surface area contributed by atoms with Crippen molar-refractivity contribution < 1.29 is 19.4 Å². The molecule has 0 unspecified atom stereocenters. The number of carboxylic acid groups (broad SMARTS) is 1. The molecule has 0 spiro atoms. The summed E-state index contributed by atoms with van der Waals surface area (Å²) in [6, 6.07) is 30.2. The minimum absolute atomic E-state index is 0.0872. The lowest BCUT2D eigenvalue weighted by Crippen LogP contribution is -2.32. The summed E-state index contributed by atoms with van der Waals surface area (Å²) in [7, 11) is 0. The molecule has 7 nitrogen and oxygen atoms in total. The molecule has 3 aromatic carbocycles. The van der Waals surface area contributed by atoms with Crippen LogP contribution in [0.5, 0.6) is 5.75 Å². The zero-order valence-corrected chi connectivity index (χ0v) is 19.5. The normalized spacial score (nSPS) is 10.7. The van der Waals surface area contributed by atoms with Crippen molar-refractivity contribution in [1.82, 2.24) is 9.88 Å². The van der Waals surface area contributed by atoms with Crippen LogP contribution in [0.25, 0.3) is 0 Å². The minimum Gasteiger partial charge on any atom is -0.482 e. The number of nitrogens with zero attached hydrogens (tertiary/aromatic N) is 1. The van der Waals surface area contributed by atoms with Gasteiger partial charge in [0.05, 0.1) is 0 Å². The smallest absolute Gasteiger partial charge is 0.341 e. The van der Waals surface area contributed by atoms with Crippen molar-refractivity contribution in [3.05, 3.63) is 136 Å². The quantitative estimate of drug-likeness (QED) is 0.358. The molecule has 0 aliphatic rings. The Bertz CT molecular complexity index is 1340.